The SMILES string of the molecule is CC[C@H](C)n1c(S[C@H](C)C(=O)Nc2sccc2C#N)nc2ccccc2c1=O. The first kappa shape index (κ1) is 20.1. The van der Waals surface area contributed by atoms with Crippen molar-refractivity contribution >= 4 is 44.9 Å². The van der Waals surface area contributed by atoms with Crippen molar-refractivity contribution in [2.24, 2.45) is 0 Å². The average Bonchev–Trinajstić information content (AvgIpc) is 3.14. The van der Waals surface area contributed by atoms with Gasteiger partial charge in [0.1, 0.15) is 11.1 Å². The molecule has 1 amide bonds. The zero-order valence-electron chi connectivity index (χ0n) is 15.8. The summed E-state index contributed by atoms with van der Waals surface area (Å²) in [6.07, 6.45) is 0.773. The molecule has 2 atom stereocenters. The van der Waals surface area contributed by atoms with E-state index in [2.05, 4.69) is 16.4 Å². The second kappa shape index (κ2) is 8.59. The van der Waals surface area contributed by atoms with E-state index in [1.54, 1.807) is 35.1 Å². The monoisotopic (exact) mass is 412 g/mol. The lowest BCUT2D eigenvalue weighted by Gasteiger charge is -2.20. The Kier molecular flexibility index (Phi) is 6.17. The smallest absolute Gasteiger partial charge is 0.262 e. The third-order valence-corrected chi connectivity index (χ3v) is 6.38. The number of fused-ring (bicyclic) bond motifs is 1. The number of nitrogens with zero attached hydrogens (tertiary/aromatic N) is 3. The van der Waals surface area contributed by atoms with Crippen LogP contribution in [0.15, 0.2) is 45.7 Å². The first-order chi connectivity index (χ1) is 13.5. The van der Waals surface area contributed by atoms with Gasteiger partial charge < -0.3 is 5.32 Å². The van der Waals surface area contributed by atoms with Gasteiger partial charge >= 0.3 is 0 Å². The highest BCUT2D eigenvalue weighted by Gasteiger charge is 2.22. The number of anilines is 1. The number of hydrogen-bond acceptors (Lipinski definition) is 6. The summed E-state index contributed by atoms with van der Waals surface area (Å²) >= 11 is 2.56. The number of carbonyl (C=O) groups is 1. The summed E-state index contributed by atoms with van der Waals surface area (Å²) in [4.78, 5) is 30.3. The fourth-order valence-electron chi connectivity index (χ4n) is 2.70. The lowest BCUT2D eigenvalue weighted by Crippen LogP contribution is -2.28. The second-order valence-corrected chi connectivity index (χ2v) is 8.59. The third-order valence-electron chi connectivity index (χ3n) is 4.48. The molecular weight excluding hydrogens is 392 g/mol. The Morgan fingerprint density at radius 1 is 1.36 bits per heavy atom. The Bertz CT molecular complexity index is 1110. The molecule has 6 nitrogen and oxygen atoms in total. The van der Waals surface area contributed by atoms with E-state index < -0.39 is 5.25 Å². The zero-order valence-corrected chi connectivity index (χ0v) is 17.4. The quantitative estimate of drug-likeness (QED) is 0.478. The van der Waals surface area contributed by atoms with Gasteiger partial charge in [0, 0.05) is 6.04 Å². The molecule has 0 saturated heterocycles. The fourth-order valence-corrected chi connectivity index (χ4v) is 4.45. The van der Waals surface area contributed by atoms with E-state index >= 15 is 0 Å². The van der Waals surface area contributed by atoms with Gasteiger partial charge in [-0.1, -0.05) is 30.8 Å². The largest absolute Gasteiger partial charge is 0.316 e. The molecule has 2 aromatic heterocycles. The Hall–Kier alpha value is -2.63. The lowest BCUT2D eigenvalue weighted by atomic mass is 10.2. The van der Waals surface area contributed by atoms with Crippen LogP contribution in [0.25, 0.3) is 10.9 Å². The molecule has 144 valence electrons. The molecule has 2 heterocycles. The fraction of sp³-hybridized carbons (Fsp3) is 0.300. The predicted molar refractivity (Wildman–Crippen MR) is 114 cm³/mol. The number of rotatable bonds is 6. The Morgan fingerprint density at radius 3 is 2.82 bits per heavy atom. The number of benzene rings is 1. The standard InChI is InChI=1S/C20H20N4O2S2/c1-4-12(2)24-19(26)15-7-5-6-8-16(15)22-20(24)28-13(3)17(25)23-18-14(11-21)9-10-27-18/h5-10,12-13H,4H2,1-3H3,(H,23,25)/t12-,13+/m0/s1. The minimum atomic E-state index is -0.489. The van der Waals surface area contributed by atoms with Crippen molar-refractivity contribution in [3.63, 3.8) is 0 Å². The number of amides is 1. The molecule has 28 heavy (non-hydrogen) atoms. The zero-order chi connectivity index (χ0) is 20.3. The van der Waals surface area contributed by atoms with Gasteiger partial charge in [-0.3, -0.25) is 14.2 Å². The van der Waals surface area contributed by atoms with Crippen molar-refractivity contribution in [1.82, 2.24) is 9.55 Å². The second-order valence-electron chi connectivity index (χ2n) is 6.37. The molecule has 0 fully saturated rings. The van der Waals surface area contributed by atoms with E-state index in [0.29, 0.717) is 26.6 Å². The van der Waals surface area contributed by atoms with Gasteiger partial charge in [0.05, 0.1) is 21.7 Å². The predicted octanol–water partition coefficient (Wildman–Crippen LogP) is 4.42. The maximum Gasteiger partial charge on any atom is 0.262 e. The molecule has 0 aliphatic heterocycles. The van der Waals surface area contributed by atoms with Crippen LogP contribution in [0, 0.1) is 11.3 Å². The molecule has 0 aliphatic rings. The highest BCUT2D eigenvalue weighted by atomic mass is 32.2. The van der Waals surface area contributed by atoms with Gasteiger partial charge in [0.15, 0.2) is 5.16 Å². The van der Waals surface area contributed by atoms with Gasteiger partial charge in [0.25, 0.3) is 5.56 Å². The lowest BCUT2D eigenvalue weighted by molar-refractivity contribution is -0.115. The van der Waals surface area contributed by atoms with Gasteiger partial charge in [-0.05, 0) is 43.8 Å². The summed E-state index contributed by atoms with van der Waals surface area (Å²) in [5, 5.41) is 14.8. The minimum absolute atomic E-state index is 0.0372. The molecule has 0 radical (unpaired) electrons. The van der Waals surface area contributed by atoms with E-state index in [4.69, 9.17) is 5.26 Å². The number of nitrogens with one attached hydrogen (secondary N) is 1. The molecule has 1 N–H and O–H groups in total. The third kappa shape index (κ3) is 3.96. The number of aromatic nitrogens is 2. The first-order valence-electron chi connectivity index (χ1n) is 8.92. The van der Waals surface area contributed by atoms with E-state index in [-0.39, 0.29) is 17.5 Å². The van der Waals surface area contributed by atoms with Crippen molar-refractivity contribution in [1.29, 1.82) is 5.26 Å². The van der Waals surface area contributed by atoms with Crippen LogP contribution in [0.4, 0.5) is 5.00 Å². The van der Waals surface area contributed by atoms with Crippen molar-refractivity contribution in [3.05, 3.63) is 51.6 Å². The number of para-hydroxylation sites is 1. The molecule has 0 spiro atoms. The van der Waals surface area contributed by atoms with Gasteiger partial charge in [0.2, 0.25) is 5.91 Å². The van der Waals surface area contributed by atoms with Crippen molar-refractivity contribution in [2.75, 3.05) is 5.32 Å². The molecule has 8 heteroatoms. The summed E-state index contributed by atoms with van der Waals surface area (Å²) in [6.45, 7) is 5.75. The highest BCUT2D eigenvalue weighted by molar-refractivity contribution is 8.00. The van der Waals surface area contributed by atoms with Crippen LogP contribution in [0.5, 0.6) is 0 Å². The van der Waals surface area contributed by atoms with Crippen molar-refractivity contribution in [2.45, 2.75) is 43.6 Å². The highest BCUT2D eigenvalue weighted by Crippen LogP contribution is 2.28. The summed E-state index contributed by atoms with van der Waals surface area (Å²) in [5.41, 5.74) is 0.961. The molecule has 3 aromatic rings. The minimum Gasteiger partial charge on any atom is -0.316 e. The van der Waals surface area contributed by atoms with Crippen molar-refractivity contribution < 1.29 is 4.79 Å². The van der Waals surface area contributed by atoms with Gasteiger partial charge in [-0.2, -0.15) is 5.26 Å². The Morgan fingerprint density at radius 2 is 2.11 bits per heavy atom. The van der Waals surface area contributed by atoms with Gasteiger partial charge in [-0.25, -0.2) is 4.98 Å². The van der Waals surface area contributed by atoms with Crippen molar-refractivity contribution in [3.8, 4) is 6.07 Å². The normalized spacial score (nSPS) is 13.1. The topological polar surface area (TPSA) is 87.8 Å². The number of carbonyl (C=O) groups excluding carboxylic acids is 1. The van der Waals surface area contributed by atoms with E-state index in [1.165, 1.54) is 23.1 Å². The number of thioether (sulfide) groups is 1. The maximum atomic E-state index is 13.0. The summed E-state index contributed by atoms with van der Waals surface area (Å²) < 4.78 is 1.67. The number of nitriles is 1. The Balaban J connectivity index is 1.93. The van der Waals surface area contributed by atoms with E-state index in [1.807, 2.05) is 26.0 Å². The Labute approximate surface area is 171 Å². The van der Waals surface area contributed by atoms with Gasteiger partial charge in [-0.15, -0.1) is 11.3 Å². The van der Waals surface area contributed by atoms with Crippen LogP contribution in [0.3, 0.4) is 0 Å². The average molecular weight is 413 g/mol. The van der Waals surface area contributed by atoms with Crippen LogP contribution in [0.1, 0.15) is 38.8 Å². The summed E-state index contributed by atoms with van der Waals surface area (Å²) in [7, 11) is 0. The molecule has 0 bridgehead atoms. The number of thiophene rings is 1. The van der Waals surface area contributed by atoms with Crippen LogP contribution in [-0.4, -0.2) is 20.7 Å². The molecule has 0 aliphatic carbocycles. The summed E-state index contributed by atoms with van der Waals surface area (Å²) in [5.74, 6) is -0.234. The molecule has 1 aromatic carbocycles. The maximum absolute atomic E-state index is 13.0. The van der Waals surface area contributed by atoms with E-state index in [9.17, 15) is 9.59 Å². The first-order valence-corrected chi connectivity index (χ1v) is 10.7. The van der Waals surface area contributed by atoms with Crippen LogP contribution in [0.2, 0.25) is 0 Å². The molecule has 0 unspecified atom stereocenters. The van der Waals surface area contributed by atoms with Crippen LogP contribution >= 0.6 is 23.1 Å². The van der Waals surface area contributed by atoms with Crippen LogP contribution < -0.4 is 10.9 Å². The van der Waals surface area contributed by atoms with Crippen LogP contribution in [-0.2, 0) is 4.79 Å². The summed E-state index contributed by atoms with van der Waals surface area (Å²) in [6, 6.07) is 10.9. The number of hydrogen-bond donors (Lipinski definition) is 1. The molecule has 3 rings (SSSR count). The van der Waals surface area contributed by atoms with E-state index in [0.717, 1.165) is 6.42 Å². The molecule has 0 saturated carbocycles. The molecular formula is C20H20N4O2S2.